The van der Waals surface area contributed by atoms with Crippen LogP contribution in [0.3, 0.4) is 0 Å². The summed E-state index contributed by atoms with van der Waals surface area (Å²) in [6.45, 7) is 3.40. The van der Waals surface area contributed by atoms with E-state index in [9.17, 15) is 13.2 Å². The molecular formula is C27H25N3O3S2. The smallest absolute Gasteiger partial charge is 0.279 e. The molecule has 1 fully saturated rings. The molecule has 1 aliphatic rings. The molecule has 2 heterocycles. The Kier molecular flexibility index (Phi) is 6.32. The Morgan fingerprint density at radius 1 is 1.14 bits per heavy atom. The fraction of sp³-hybridized carbons (Fsp3) is 0.259. The van der Waals surface area contributed by atoms with Gasteiger partial charge in [-0.25, -0.2) is 8.42 Å². The van der Waals surface area contributed by atoms with E-state index in [1.54, 1.807) is 0 Å². The molecule has 8 heteroatoms. The first kappa shape index (κ1) is 23.5. The molecule has 178 valence electrons. The van der Waals surface area contributed by atoms with Crippen LogP contribution in [0, 0.1) is 18.3 Å². The van der Waals surface area contributed by atoms with Gasteiger partial charge in [0.1, 0.15) is 0 Å². The Bertz CT molecular complexity index is 1640. The van der Waals surface area contributed by atoms with Gasteiger partial charge in [0.15, 0.2) is 4.80 Å². The van der Waals surface area contributed by atoms with Crippen LogP contribution in [-0.2, 0) is 16.6 Å². The summed E-state index contributed by atoms with van der Waals surface area (Å²) < 4.78 is 30.5. The summed E-state index contributed by atoms with van der Waals surface area (Å²) in [4.78, 5) is 18.1. The number of hydrogen-bond donors (Lipinski definition) is 0. The van der Waals surface area contributed by atoms with Crippen LogP contribution in [0.5, 0.6) is 0 Å². The van der Waals surface area contributed by atoms with Gasteiger partial charge in [-0.3, -0.25) is 4.79 Å². The molecule has 35 heavy (non-hydrogen) atoms. The lowest BCUT2D eigenvalue weighted by atomic mass is 10.0. The number of aromatic nitrogens is 1. The van der Waals surface area contributed by atoms with Gasteiger partial charge in [0.25, 0.3) is 5.91 Å². The van der Waals surface area contributed by atoms with E-state index >= 15 is 0 Å². The highest BCUT2D eigenvalue weighted by Gasteiger charge is 2.28. The van der Waals surface area contributed by atoms with Crippen molar-refractivity contribution in [3.8, 4) is 12.3 Å². The molecule has 0 N–H and O–H groups in total. The first-order valence-corrected chi connectivity index (χ1v) is 13.8. The minimum atomic E-state index is -3.58. The highest BCUT2D eigenvalue weighted by molar-refractivity contribution is 7.89. The number of thiazole rings is 1. The van der Waals surface area contributed by atoms with E-state index < -0.39 is 15.9 Å². The van der Waals surface area contributed by atoms with Crippen LogP contribution >= 0.6 is 11.3 Å². The van der Waals surface area contributed by atoms with Crippen molar-refractivity contribution in [3.63, 3.8) is 0 Å². The minimum Gasteiger partial charge on any atom is -0.305 e. The van der Waals surface area contributed by atoms with Crippen molar-refractivity contribution in [1.29, 1.82) is 0 Å². The average Bonchev–Trinajstić information content (AvgIpc) is 3.21. The maximum absolute atomic E-state index is 13.0. The monoisotopic (exact) mass is 503 g/mol. The first-order valence-electron chi connectivity index (χ1n) is 11.5. The molecule has 5 rings (SSSR count). The summed E-state index contributed by atoms with van der Waals surface area (Å²) in [5.41, 5.74) is 1.25. The van der Waals surface area contributed by atoms with Gasteiger partial charge in [-0.2, -0.15) is 9.30 Å². The van der Waals surface area contributed by atoms with Crippen LogP contribution < -0.4 is 4.80 Å². The van der Waals surface area contributed by atoms with Gasteiger partial charge in [-0.15, -0.1) is 6.42 Å². The fourth-order valence-electron chi connectivity index (χ4n) is 4.56. The van der Waals surface area contributed by atoms with Crippen molar-refractivity contribution in [2.24, 2.45) is 10.9 Å². The van der Waals surface area contributed by atoms with Crippen LogP contribution in [0.4, 0.5) is 0 Å². The predicted octanol–water partition coefficient (Wildman–Crippen LogP) is 4.65. The van der Waals surface area contributed by atoms with Gasteiger partial charge in [0.2, 0.25) is 10.0 Å². The third kappa shape index (κ3) is 4.43. The molecular weight excluding hydrogens is 478 g/mol. The standard InChI is InChI=1S/C27H25N3O3S2/c1-3-16-30-24-15-12-20-8-4-5-9-23(20)25(24)34-27(30)28-26(31)21-10-13-22(14-11-21)35(32,33)29-17-6-7-19(2)18-29/h1,4-5,8-15,19H,6-7,16-18H2,2H3. The number of terminal acetylenes is 1. The van der Waals surface area contributed by atoms with E-state index in [1.807, 2.05) is 41.0 Å². The number of amides is 1. The Labute approximate surface area is 208 Å². The highest BCUT2D eigenvalue weighted by Crippen LogP contribution is 2.28. The molecule has 1 aromatic heterocycles. The van der Waals surface area contributed by atoms with E-state index in [1.165, 1.54) is 39.9 Å². The van der Waals surface area contributed by atoms with Crippen molar-refractivity contribution in [1.82, 2.24) is 8.87 Å². The summed E-state index contributed by atoms with van der Waals surface area (Å²) in [6.07, 6.45) is 7.50. The van der Waals surface area contributed by atoms with Crippen molar-refractivity contribution in [2.45, 2.75) is 31.2 Å². The Morgan fingerprint density at radius 3 is 2.66 bits per heavy atom. The van der Waals surface area contributed by atoms with E-state index in [4.69, 9.17) is 6.42 Å². The molecule has 6 nitrogen and oxygen atoms in total. The lowest BCUT2D eigenvalue weighted by Gasteiger charge is -2.30. The van der Waals surface area contributed by atoms with Crippen LogP contribution in [0.2, 0.25) is 0 Å². The number of sulfonamides is 1. The van der Waals surface area contributed by atoms with E-state index in [-0.39, 0.29) is 11.4 Å². The summed E-state index contributed by atoms with van der Waals surface area (Å²) in [5, 5.41) is 2.18. The van der Waals surface area contributed by atoms with Crippen molar-refractivity contribution in [3.05, 3.63) is 71.0 Å². The molecule has 1 atom stereocenters. The molecule has 0 radical (unpaired) electrons. The average molecular weight is 504 g/mol. The number of benzene rings is 3. The Morgan fingerprint density at radius 2 is 1.91 bits per heavy atom. The molecule has 0 bridgehead atoms. The van der Waals surface area contributed by atoms with Gasteiger partial charge < -0.3 is 4.57 Å². The topological polar surface area (TPSA) is 71.7 Å². The van der Waals surface area contributed by atoms with Gasteiger partial charge in [-0.1, -0.05) is 54.5 Å². The van der Waals surface area contributed by atoms with Crippen LogP contribution in [0.15, 0.2) is 70.6 Å². The van der Waals surface area contributed by atoms with Crippen LogP contribution in [0.25, 0.3) is 21.0 Å². The second-order valence-electron chi connectivity index (χ2n) is 8.86. The zero-order chi connectivity index (χ0) is 24.6. The lowest BCUT2D eigenvalue weighted by molar-refractivity contribution is 0.0998. The summed E-state index contributed by atoms with van der Waals surface area (Å²) >= 11 is 1.42. The van der Waals surface area contributed by atoms with Crippen LogP contribution in [-0.4, -0.2) is 36.3 Å². The number of carbonyl (C=O) groups excluding carboxylic acids is 1. The largest absolute Gasteiger partial charge is 0.305 e. The lowest BCUT2D eigenvalue weighted by Crippen LogP contribution is -2.39. The van der Waals surface area contributed by atoms with Crippen LogP contribution in [0.1, 0.15) is 30.1 Å². The predicted molar refractivity (Wildman–Crippen MR) is 140 cm³/mol. The zero-order valence-electron chi connectivity index (χ0n) is 19.3. The molecule has 1 unspecified atom stereocenters. The zero-order valence-corrected chi connectivity index (χ0v) is 21.0. The fourth-order valence-corrected chi connectivity index (χ4v) is 7.32. The highest BCUT2D eigenvalue weighted by atomic mass is 32.2. The molecule has 4 aromatic rings. The summed E-state index contributed by atoms with van der Waals surface area (Å²) in [6, 6.07) is 18.1. The second kappa shape index (κ2) is 9.42. The van der Waals surface area contributed by atoms with Crippen molar-refractivity contribution < 1.29 is 13.2 Å². The van der Waals surface area contributed by atoms with Gasteiger partial charge in [0, 0.05) is 24.0 Å². The summed E-state index contributed by atoms with van der Waals surface area (Å²) in [7, 11) is -3.58. The molecule has 0 aliphatic carbocycles. The van der Waals surface area contributed by atoms with Crippen molar-refractivity contribution >= 4 is 48.3 Å². The molecule has 3 aromatic carbocycles. The third-order valence-corrected chi connectivity index (χ3v) is 9.39. The molecule has 1 amide bonds. The number of piperidine rings is 1. The Balaban J connectivity index is 1.50. The van der Waals surface area contributed by atoms with Gasteiger partial charge in [0.05, 0.1) is 21.7 Å². The molecule has 0 saturated carbocycles. The third-order valence-electron chi connectivity index (χ3n) is 6.38. The first-order chi connectivity index (χ1) is 16.9. The molecule has 0 spiro atoms. The quantitative estimate of drug-likeness (QED) is 0.381. The van der Waals surface area contributed by atoms with E-state index in [0.29, 0.717) is 29.4 Å². The molecule has 1 saturated heterocycles. The van der Waals surface area contributed by atoms with Gasteiger partial charge >= 0.3 is 0 Å². The van der Waals surface area contributed by atoms with E-state index in [0.717, 1.165) is 33.8 Å². The maximum Gasteiger partial charge on any atom is 0.279 e. The maximum atomic E-state index is 13.0. The van der Waals surface area contributed by atoms with E-state index in [2.05, 4.69) is 17.8 Å². The second-order valence-corrected chi connectivity index (χ2v) is 11.8. The summed E-state index contributed by atoms with van der Waals surface area (Å²) in [5.74, 6) is 2.55. The number of carbonyl (C=O) groups is 1. The van der Waals surface area contributed by atoms with Crippen molar-refractivity contribution in [2.75, 3.05) is 13.1 Å². The number of fused-ring (bicyclic) bond motifs is 3. The normalized spacial score (nSPS) is 17.6. The number of rotatable bonds is 4. The van der Waals surface area contributed by atoms with Gasteiger partial charge in [-0.05, 0) is 54.5 Å². The Hall–Kier alpha value is -3.25. The minimum absolute atomic E-state index is 0.193. The number of nitrogens with zero attached hydrogens (tertiary/aromatic N) is 3. The number of hydrogen-bond acceptors (Lipinski definition) is 4. The molecule has 1 aliphatic heterocycles. The SMILES string of the molecule is C#CCn1c(=NC(=O)c2ccc(S(=O)(=O)N3CCCC(C)C3)cc2)sc2c3ccccc3ccc21.